The number of nitriles is 1. The first-order valence-electron chi connectivity index (χ1n) is 7.51. The summed E-state index contributed by atoms with van der Waals surface area (Å²) in [6.07, 6.45) is 2.23. The number of hydrogen-bond donors (Lipinski definition) is 1. The van der Waals surface area contributed by atoms with Crippen LogP contribution in [0.25, 0.3) is 0 Å². The number of nitrogens with zero attached hydrogens (tertiary/aromatic N) is 2. The molecule has 1 saturated heterocycles. The van der Waals surface area contributed by atoms with Crippen molar-refractivity contribution in [3.8, 4) is 6.07 Å². The summed E-state index contributed by atoms with van der Waals surface area (Å²) in [6, 6.07) is 9.76. The monoisotopic (exact) mass is 286 g/mol. The van der Waals surface area contributed by atoms with Crippen molar-refractivity contribution in [2.45, 2.75) is 38.7 Å². The Kier molecular flexibility index (Phi) is 5.35. The van der Waals surface area contributed by atoms with Gasteiger partial charge in [0.15, 0.2) is 0 Å². The van der Waals surface area contributed by atoms with Crippen molar-refractivity contribution in [3.05, 3.63) is 35.4 Å². The van der Waals surface area contributed by atoms with Gasteiger partial charge in [0.05, 0.1) is 25.0 Å². The van der Waals surface area contributed by atoms with E-state index in [1.165, 1.54) is 0 Å². The predicted octanol–water partition coefficient (Wildman–Crippen LogP) is 1.91. The van der Waals surface area contributed by atoms with Crippen LogP contribution in [0.4, 0.5) is 0 Å². The van der Waals surface area contributed by atoms with Gasteiger partial charge in [0.25, 0.3) is 0 Å². The number of aliphatic hydroxyl groups is 1. The van der Waals surface area contributed by atoms with Gasteiger partial charge < -0.3 is 10.0 Å². The van der Waals surface area contributed by atoms with Crippen molar-refractivity contribution in [3.63, 3.8) is 0 Å². The van der Waals surface area contributed by atoms with Gasteiger partial charge in [-0.1, -0.05) is 24.3 Å². The molecule has 0 bridgehead atoms. The van der Waals surface area contributed by atoms with Gasteiger partial charge in [0.2, 0.25) is 5.91 Å². The molecule has 4 heteroatoms. The summed E-state index contributed by atoms with van der Waals surface area (Å²) >= 11 is 0. The minimum atomic E-state index is -0.369. The van der Waals surface area contributed by atoms with Gasteiger partial charge in [-0.15, -0.1) is 0 Å². The Morgan fingerprint density at radius 3 is 2.86 bits per heavy atom. The van der Waals surface area contributed by atoms with E-state index in [9.17, 15) is 9.90 Å². The molecule has 2 rings (SSSR count). The molecule has 21 heavy (non-hydrogen) atoms. The van der Waals surface area contributed by atoms with Crippen molar-refractivity contribution in [2.75, 3.05) is 13.1 Å². The van der Waals surface area contributed by atoms with Crippen LogP contribution in [0.1, 0.15) is 30.9 Å². The SMILES string of the molecule is CC(O)C1CCCN(C(=O)Cc2ccccc2CC#N)C1. The van der Waals surface area contributed by atoms with Crippen molar-refractivity contribution < 1.29 is 9.90 Å². The molecule has 0 saturated carbocycles. The molecule has 1 aromatic rings. The molecule has 112 valence electrons. The molecule has 1 aliphatic rings. The Bertz CT molecular complexity index is 534. The third-order valence-electron chi connectivity index (χ3n) is 4.22. The average Bonchev–Trinajstić information content (AvgIpc) is 2.49. The second-order valence-electron chi connectivity index (χ2n) is 5.76. The van der Waals surface area contributed by atoms with Gasteiger partial charge in [-0.05, 0) is 30.9 Å². The van der Waals surface area contributed by atoms with Crippen molar-refractivity contribution in [1.82, 2.24) is 4.90 Å². The molecular formula is C17H22N2O2. The van der Waals surface area contributed by atoms with Gasteiger partial charge in [0, 0.05) is 19.0 Å². The fourth-order valence-corrected chi connectivity index (χ4v) is 2.89. The van der Waals surface area contributed by atoms with Crippen LogP contribution in [-0.4, -0.2) is 35.1 Å². The molecule has 0 aliphatic carbocycles. The number of aliphatic hydroxyl groups excluding tert-OH is 1. The number of likely N-dealkylation sites (tertiary alicyclic amines) is 1. The van der Waals surface area contributed by atoms with E-state index in [4.69, 9.17) is 5.26 Å². The third-order valence-corrected chi connectivity index (χ3v) is 4.22. The molecular weight excluding hydrogens is 264 g/mol. The number of rotatable bonds is 4. The van der Waals surface area contributed by atoms with Crippen LogP contribution >= 0.6 is 0 Å². The highest BCUT2D eigenvalue weighted by molar-refractivity contribution is 5.79. The summed E-state index contributed by atoms with van der Waals surface area (Å²) in [5.41, 5.74) is 1.86. The zero-order chi connectivity index (χ0) is 15.2. The zero-order valence-electron chi connectivity index (χ0n) is 12.5. The standard InChI is InChI=1S/C17H22N2O2/c1-13(20)16-7-4-10-19(12-16)17(21)11-15-6-3-2-5-14(15)8-9-18/h2-3,5-6,13,16,20H,4,7-8,10-12H2,1H3. The number of amides is 1. The minimum Gasteiger partial charge on any atom is -0.393 e. The largest absolute Gasteiger partial charge is 0.393 e. The van der Waals surface area contributed by atoms with Crippen molar-refractivity contribution in [2.24, 2.45) is 5.92 Å². The van der Waals surface area contributed by atoms with Crippen LogP contribution in [0.15, 0.2) is 24.3 Å². The Labute approximate surface area is 126 Å². The Morgan fingerprint density at radius 1 is 1.48 bits per heavy atom. The molecule has 0 radical (unpaired) electrons. The summed E-state index contributed by atoms with van der Waals surface area (Å²) in [5.74, 6) is 0.266. The molecule has 0 aromatic heterocycles. The first kappa shape index (κ1) is 15.5. The normalized spacial score (nSPS) is 19.9. The lowest BCUT2D eigenvalue weighted by Crippen LogP contribution is -2.43. The van der Waals surface area contributed by atoms with E-state index in [1.54, 1.807) is 6.92 Å². The highest BCUT2D eigenvalue weighted by Crippen LogP contribution is 2.21. The number of carbonyl (C=O) groups excluding carboxylic acids is 1. The van der Waals surface area contributed by atoms with E-state index >= 15 is 0 Å². The average molecular weight is 286 g/mol. The predicted molar refractivity (Wildman–Crippen MR) is 80.4 cm³/mol. The smallest absolute Gasteiger partial charge is 0.227 e. The maximum absolute atomic E-state index is 12.5. The van der Waals surface area contributed by atoms with E-state index in [-0.39, 0.29) is 17.9 Å². The highest BCUT2D eigenvalue weighted by atomic mass is 16.3. The highest BCUT2D eigenvalue weighted by Gasteiger charge is 2.26. The number of hydrogen-bond acceptors (Lipinski definition) is 3. The molecule has 4 nitrogen and oxygen atoms in total. The summed E-state index contributed by atoms with van der Waals surface area (Å²) in [4.78, 5) is 14.3. The van der Waals surface area contributed by atoms with Crippen LogP contribution < -0.4 is 0 Å². The minimum absolute atomic E-state index is 0.0886. The molecule has 1 heterocycles. The maximum atomic E-state index is 12.5. The summed E-state index contributed by atoms with van der Waals surface area (Å²) in [7, 11) is 0. The molecule has 1 aromatic carbocycles. The Balaban J connectivity index is 2.03. The summed E-state index contributed by atoms with van der Waals surface area (Å²) in [5, 5.41) is 18.6. The van der Waals surface area contributed by atoms with E-state index < -0.39 is 0 Å². The first-order valence-corrected chi connectivity index (χ1v) is 7.51. The topological polar surface area (TPSA) is 64.3 Å². The van der Waals surface area contributed by atoms with E-state index in [0.29, 0.717) is 19.4 Å². The molecule has 1 aliphatic heterocycles. The van der Waals surface area contributed by atoms with Gasteiger partial charge in [-0.25, -0.2) is 0 Å². The quantitative estimate of drug-likeness (QED) is 0.919. The van der Waals surface area contributed by atoms with Gasteiger partial charge >= 0.3 is 0 Å². The zero-order valence-corrected chi connectivity index (χ0v) is 12.5. The Hall–Kier alpha value is -1.86. The molecule has 2 unspecified atom stereocenters. The van der Waals surface area contributed by atoms with E-state index in [2.05, 4.69) is 6.07 Å². The molecule has 0 spiro atoms. The Morgan fingerprint density at radius 2 is 2.19 bits per heavy atom. The summed E-state index contributed by atoms with van der Waals surface area (Å²) < 4.78 is 0. The summed E-state index contributed by atoms with van der Waals surface area (Å²) in [6.45, 7) is 3.19. The second kappa shape index (κ2) is 7.24. The third kappa shape index (κ3) is 4.05. The molecule has 1 fully saturated rings. The fraction of sp³-hybridized carbons (Fsp3) is 0.529. The number of piperidine rings is 1. The van der Waals surface area contributed by atoms with Crippen molar-refractivity contribution in [1.29, 1.82) is 5.26 Å². The van der Waals surface area contributed by atoms with Crippen molar-refractivity contribution >= 4 is 5.91 Å². The van der Waals surface area contributed by atoms with Crippen LogP contribution in [0.3, 0.4) is 0 Å². The van der Waals surface area contributed by atoms with Gasteiger partial charge in [-0.3, -0.25) is 4.79 Å². The lowest BCUT2D eigenvalue weighted by atomic mass is 9.93. The van der Waals surface area contributed by atoms with E-state index in [0.717, 1.165) is 30.5 Å². The molecule has 1 N–H and O–H groups in total. The molecule has 1 amide bonds. The molecule has 2 atom stereocenters. The second-order valence-corrected chi connectivity index (χ2v) is 5.76. The van der Waals surface area contributed by atoms with Crippen LogP contribution in [-0.2, 0) is 17.6 Å². The van der Waals surface area contributed by atoms with Gasteiger partial charge in [0.1, 0.15) is 0 Å². The lowest BCUT2D eigenvalue weighted by molar-refractivity contribution is -0.133. The van der Waals surface area contributed by atoms with Crippen LogP contribution in [0.2, 0.25) is 0 Å². The maximum Gasteiger partial charge on any atom is 0.227 e. The van der Waals surface area contributed by atoms with Gasteiger partial charge in [-0.2, -0.15) is 5.26 Å². The van der Waals surface area contributed by atoms with Crippen LogP contribution in [0, 0.1) is 17.2 Å². The van der Waals surface area contributed by atoms with E-state index in [1.807, 2.05) is 29.2 Å². The fourth-order valence-electron chi connectivity index (χ4n) is 2.89. The lowest BCUT2D eigenvalue weighted by Gasteiger charge is -2.34. The first-order chi connectivity index (χ1) is 10.1. The number of carbonyl (C=O) groups is 1. The number of benzene rings is 1. The van der Waals surface area contributed by atoms with Crippen LogP contribution in [0.5, 0.6) is 0 Å².